The summed E-state index contributed by atoms with van der Waals surface area (Å²) in [7, 11) is -3.28. The van der Waals surface area contributed by atoms with Crippen LogP contribution in [0.4, 0.5) is 0 Å². The molecule has 0 aromatic heterocycles. The zero-order valence-electron chi connectivity index (χ0n) is 9.32. The number of hydrogen-bond donors (Lipinski definition) is 0. The van der Waals surface area contributed by atoms with Gasteiger partial charge in [-0.2, -0.15) is 17.0 Å². The lowest BCUT2D eigenvalue weighted by Crippen LogP contribution is -2.46. The summed E-state index contributed by atoms with van der Waals surface area (Å²) in [5.74, 6) is 0.339. The monoisotopic (exact) mass is 254 g/mol. The molecule has 0 amide bonds. The average molecular weight is 255 g/mol. The minimum atomic E-state index is -3.28. The van der Waals surface area contributed by atoms with E-state index in [-0.39, 0.29) is 6.04 Å². The van der Waals surface area contributed by atoms with Crippen molar-refractivity contribution in [3.8, 4) is 0 Å². The summed E-state index contributed by atoms with van der Waals surface area (Å²) in [5.41, 5.74) is 0. The fourth-order valence-corrected chi connectivity index (χ4v) is 3.94. The van der Waals surface area contributed by atoms with Crippen molar-refractivity contribution in [3.63, 3.8) is 0 Å². The minimum Gasteiger partial charge on any atom is -0.195 e. The Morgan fingerprint density at radius 3 is 2.27 bits per heavy atom. The largest absolute Gasteiger partial charge is 0.282 e. The summed E-state index contributed by atoms with van der Waals surface area (Å²) in [4.78, 5) is 0. The van der Waals surface area contributed by atoms with Crippen molar-refractivity contribution >= 4 is 21.8 Å². The lowest BCUT2D eigenvalue weighted by Gasteiger charge is -2.29. The van der Waals surface area contributed by atoms with Crippen LogP contribution in [0, 0.1) is 0 Å². The van der Waals surface area contributed by atoms with Crippen LogP contribution in [-0.2, 0) is 10.2 Å². The molecule has 0 atom stereocenters. The van der Waals surface area contributed by atoms with E-state index in [9.17, 15) is 8.42 Å². The Bertz CT molecular complexity index is 286. The van der Waals surface area contributed by atoms with Gasteiger partial charge in [0.25, 0.3) is 10.2 Å². The SMILES string of the molecule is CC(C)N(CCCl)S(=O)(=O)N1CCCC1. The number of nitrogens with zero attached hydrogens (tertiary/aromatic N) is 2. The fraction of sp³-hybridized carbons (Fsp3) is 1.00. The first kappa shape index (κ1) is 13.2. The first-order valence-corrected chi connectivity index (χ1v) is 7.26. The molecular formula is C9H19ClN2O2S. The van der Waals surface area contributed by atoms with Crippen molar-refractivity contribution in [2.75, 3.05) is 25.5 Å². The van der Waals surface area contributed by atoms with E-state index in [4.69, 9.17) is 11.6 Å². The van der Waals surface area contributed by atoms with Crippen molar-refractivity contribution in [1.29, 1.82) is 0 Å². The van der Waals surface area contributed by atoms with Crippen molar-refractivity contribution in [2.45, 2.75) is 32.7 Å². The van der Waals surface area contributed by atoms with Gasteiger partial charge in [0, 0.05) is 31.6 Å². The molecule has 0 N–H and O–H groups in total. The number of hydrogen-bond acceptors (Lipinski definition) is 2. The molecule has 4 nitrogen and oxygen atoms in total. The molecule has 0 aromatic rings. The Morgan fingerprint density at radius 1 is 1.33 bits per heavy atom. The summed E-state index contributed by atoms with van der Waals surface area (Å²) in [6.45, 7) is 5.43. The summed E-state index contributed by atoms with van der Waals surface area (Å²) < 4.78 is 27.3. The Kier molecular flexibility index (Phi) is 4.83. The third-order valence-electron chi connectivity index (χ3n) is 2.57. The van der Waals surface area contributed by atoms with Crippen molar-refractivity contribution in [1.82, 2.24) is 8.61 Å². The maximum Gasteiger partial charge on any atom is 0.282 e. The predicted octanol–water partition coefficient (Wildman–Crippen LogP) is 1.28. The molecular weight excluding hydrogens is 236 g/mol. The summed E-state index contributed by atoms with van der Waals surface area (Å²) in [5, 5.41) is 0. The molecule has 1 fully saturated rings. The standard InChI is InChI=1S/C9H19ClN2O2S/c1-9(2)12(8-5-10)15(13,14)11-6-3-4-7-11/h9H,3-8H2,1-2H3. The predicted molar refractivity (Wildman–Crippen MR) is 62.3 cm³/mol. The molecule has 15 heavy (non-hydrogen) atoms. The molecule has 1 aliphatic heterocycles. The second-order valence-corrected chi connectivity index (χ2v) is 6.27. The average Bonchev–Trinajstić information content (AvgIpc) is 2.66. The smallest absolute Gasteiger partial charge is 0.195 e. The van der Waals surface area contributed by atoms with Crippen LogP contribution in [0.1, 0.15) is 26.7 Å². The van der Waals surface area contributed by atoms with Crippen LogP contribution in [0.2, 0.25) is 0 Å². The quantitative estimate of drug-likeness (QED) is 0.694. The highest BCUT2D eigenvalue weighted by atomic mass is 35.5. The minimum absolute atomic E-state index is 0.0330. The first-order chi connectivity index (χ1) is 7.00. The van der Waals surface area contributed by atoms with Gasteiger partial charge in [-0.1, -0.05) is 0 Å². The van der Waals surface area contributed by atoms with Gasteiger partial charge < -0.3 is 0 Å². The van der Waals surface area contributed by atoms with Gasteiger partial charge in [-0.15, -0.1) is 11.6 Å². The van der Waals surface area contributed by atoms with Crippen LogP contribution in [0.3, 0.4) is 0 Å². The molecule has 0 spiro atoms. The molecule has 1 rings (SSSR count). The fourth-order valence-electron chi connectivity index (χ4n) is 1.79. The number of halogens is 1. The van der Waals surface area contributed by atoms with Gasteiger partial charge in [0.05, 0.1) is 0 Å². The van der Waals surface area contributed by atoms with E-state index in [0.29, 0.717) is 25.5 Å². The van der Waals surface area contributed by atoms with E-state index < -0.39 is 10.2 Å². The van der Waals surface area contributed by atoms with E-state index in [1.54, 1.807) is 4.31 Å². The maximum absolute atomic E-state index is 12.2. The molecule has 0 unspecified atom stereocenters. The van der Waals surface area contributed by atoms with Crippen LogP contribution in [0.25, 0.3) is 0 Å². The topological polar surface area (TPSA) is 40.6 Å². The lowest BCUT2D eigenvalue weighted by molar-refractivity contribution is 0.330. The second-order valence-electron chi connectivity index (χ2n) is 4.01. The highest BCUT2D eigenvalue weighted by Crippen LogP contribution is 2.18. The van der Waals surface area contributed by atoms with Gasteiger partial charge >= 0.3 is 0 Å². The van der Waals surface area contributed by atoms with E-state index in [1.807, 2.05) is 13.8 Å². The molecule has 90 valence electrons. The van der Waals surface area contributed by atoms with Gasteiger partial charge in [-0.3, -0.25) is 0 Å². The van der Waals surface area contributed by atoms with Gasteiger partial charge in [0.1, 0.15) is 0 Å². The van der Waals surface area contributed by atoms with E-state index in [0.717, 1.165) is 12.8 Å². The van der Waals surface area contributed by atoms with Crippen LogP contribution in [-0.4, -0.2) is 48.6 Å². The Morgan fingerprint density at radius 2 is 1.87 bits per heavy atom. The van der Waals surface area contributed by atoms with Crippen molar-refractivity contribution < 1.29 is 8.42 Å². The molecule has 1 aliphatic rings. The van der Waals surface area contributed by atoms with E-state index in [1.165, 1.54) is 4.31 Å². The summed E-state index contributed by atoms with van der Waals surface area (Å²) in [6, 6.07) is -0.0330. The molecule has 6 heteroatoms. The number of rotatable bonds is 5. The van der Waals surface area contributed by atoms with Crippen LogP contribution >= 0.6 is 11.6 Å². The molecule has 0 radical (unpaired) electrons. The van der Waals surface area contributed by atoms with Gasteiger partial charge in [-0.25, -0.2) is 0 Å². The Labute approximate surface area is 97.4 Å². The Balaban J connectivity index is 2.80. The van der Waals surface area contributed by atoms with Gasteiger partial charge in [0.2, 0.25) is 0 Å². The van der Waals surface area contributed by atoms with Crippen LogP contribution < -0.4 is 0 Å². The molecule has 1 saturated heterocycles. The van der Waals surface area contributed by atoms with E-state index in [2.05, 4.69) is 0 Å². The van der Waals surface area contributed by atoms with Gasteiger partial charge in [0.15, 0.2) is 0 Å². The lowest BCUT2D eigenvalue weighted by atomic mass is 10.4. The third kappa shape index (κ3) is 3.06. The molecule has 1 heterocycles. The normalized spacial score (nSPS) is 19.3. The summed E-state index contributed by atoms with van der Waals surface area (Å²) in [6.07, 6.45) is 1.93. The molecule has 0 aliphatic carbocycles. The van der Waals surface area contributed by atoms with Crippen LogP contribution in [0.15, 0.2) is 0 Å². The third-order valence-corrected chi connectivity index (χ3v) is 4.95. The maximum atomic E-state index is 12.2. The summed E-state index contributed by atoms with van der Waals surface area (Å²) >= 11 is 5.63. The highest BCUT2D eigenvalue weighted by Gasteiger charge is 2.32. The van der Waals surface area contributed by atoms with E-state index >= 15 is 0 Å². The Hall–Kier alpha value is 0.160. The van der Waals surface area contributed by atoms with Gasteiger partial charge in [-0.05, 0) is 26.7 Å². The first-order valence-electron chi connectivity index (χ1n) is 5.33. The second kappa shape index (κ2) is 5.48. The zero-order chi connectivity index (χ0) is 11.5. The van der Waals surface area contributed by atoms with Crippen LogP contribution in [0.5, 0.6) is 0 Å². The zero-order valence-corrected chi connectivity index (χ0v) is 10.9. The molecule has 0 bridgehead atoms. The number of alkyl halides is 1. The van der Waals surface area contributed by atoms with Crippen molar-refractivity contribution in [3.05, 3.63) is 0 Å². The highest BCUT2D eigenvalue weighted by molar-refractivity contribution is 7.86. The van der Waals surface area contributed by atoms with Crippen molar-refractivity contribution in [2.24, 2.45) is 0 Å². The molecule has 0 saturated carbocycles. The molecule has 0 aromatic carbocycles.